The van der Waals surface area contributed by atoms with Crippen LogP contribution < -0.4 is 5.32 Å². The summed E-state index contributed by atoms with van der Waals surface area (Å²) in [6.45, 7) is 6.16. The maximum absolute atomic E-state index is 13.2. The molecule has 0 aliphatic carbocycles. The number of nitrogens with one attached hydrogen (secondary N) is 1. The topological polar surface area (TPSA) is 12.0 Å². The molecule has 0 radical (unpaired) electrons. The van der Waals surface area contributed by atoms with Gasteiger partial charge in [-0.1, -0.05) is 12.2 Å². The average Bonchev–Trinajstić information content (AvgIpc) is 2.29. The molecule has 0 spiro atoms. The van der Waals surface area contributed by atoms with Crippen molar-refractivity contribution in [3.05, 3.63) is 40.7 Å². The molecule has 1 N–H and O–H groups in total. The van der Waals surface area contributed by atoms with Gasteiger partial charge in [0.1, 0.15) is 5.82 Å². The summed E-state index contributed by atoms with van der Waals surface area (Å²) in [6.07, 6.45) is 6.86. The maximum atomic E-state index is 13.2. The zero-order valence-electron chi connectivity index (χ0n) is 10.6. The minimum absolute atomic E-state index is 0.140. The summed E-state index contributed by atoms with van der Waals surface area (Å²) in [6, 6.07) is 3.21. The van der Waals surface area contributed by atoms with Crippen molar-refractivity contribution in [3.8, 4) is 0 Å². The molecule has 1 aliphatic heterocycles. The Morgan fingerprint density at radius 3 is 2.35 bits per heavy atom. The molecule has 1 aromatic rings. The summed E-state index contributed by atoms with van der Waals surface area (Å²) in [4.78, 5) is 0. The van der Waals surface area contributed by atoms with E-state index in [-0.39, 0.29) is 5.82 Å². The van der Waals surface area contributed by atoms with Gasteiger partial charge in [0.2, 0.25) is 0 Å². The summed E-state index contributed by atoms with van der Waals surface area (Å²) in [5.41, 5.74) is 3.21. The van der Waals surface area contributed by atoms with Gasteiger partial charge in [-0.3, -0.25) is 0 Å². The molecule has 0 unspecified atom stereocenters. The van der Waals surface area contributed by atoms with Gasteiger partial charge in [0.15, 0.2) is 0 Å². The second-order valence-electron chi connectivity index (χ2n) is 4.90. The van der Waals surface area contributed by atoms with E-state index in [4.69, 9.17) is 0 Å². The molecule has 1 fully saturated rings. The zero-order valence-corrected chi connectivity index (χ0v) is 10.6. The first-order valence-electron chi connectivity index (χ1n) is 6.32. The largest absolute Gasteiger partial charge is 0.317 e. The molecule has 2 heteroatoms. The third-order valence-electron chi connectivity index (χ3n) is 3.48. The lowest BCUT2D eigenvalue weighted by atomic mass is 9.95. The predicted octanol–water partition coefficient (Wildman–Crippen LogP) is 3.46. The highest BCUT2D eigenvalue weighted by atomic mass is 19.1. The van der Waals surface area contributed by atoms with E-state index in [1.807, 2.05) is 13.8 Å². The Balaban J connectivity index is 2.14. The highest BCUT2D eigenvalue weighted by Crippen LogP contribution is 2.20. The summed E-state index contributed by atoms with van der Waals surface area (Å²) in [5.74, 6) is 0.527. The number of hydrogen-bond donors (Lipinski definition) is 1. The molecule has 0 amide bonds. The SMILES string of the molecule is Cc1cc(F)cc(C)c1C=CC1CCNCC1. The van der Waals surface area contributed by atoms with Crippen molar-refractivity contribution in [1.82, 2.24) is 5.32 Å². The van der Waals surface area contributed by atoms with Gasteiger partial charge in [-0.15, -0.1) is 0 Å². The van der Waals surface area contributed by atoms with Gasteiger partial charge in [0.25, 0.3) is 0 Å². The van der Waals surface area contributed by atoms with Crippen LogP contribution in [0, 0.1) is 25.6 Å². The van der Waals surface area contributed by atoms with Gasteiger partial charge in [-0.25, -0.2) is 4.39 Å². The fourth-order valence-corrected chi connectivity index (χ4v) is 2.45. The molecule has 0 atom stereocenters. The maximum Gasteiger partial charge on any atom is 0.123 e. The van der Waals surface area contributed by atoms with Crippen LogP contribution in [0.5, 0.6) is 0 Å². The van der Waals surface area contributed by atoms with Gasteiger partial charge < -0.3 is 5.32 Å². The zero-order chi connectivity index (χ0) is 12.3. The fraction of sp³-hybridized carbons (Fsp3) is 0.467. The summed E-state index contributed by atoms with van der Waals surface area (Å²) >= 11 is 0. The first-order valence-corrected chi connectivity index (χ1v) is 6.32. The number of rotatable bonds is 2. The van der Waals surface area contributed by atoms with Crippen molar-refractivity contribution in [3.63, 3.8) is 0 Å². The minimum atomic E-state index is -0.140. The lowest BCUT2D eigenvalue weighted by Crippen LogP contribution is -2.26. The Morgan fingerprint density at radius 1 is 1.18 bits per heavy atom. The lowest BCUT2D eigenvalue weighted by Gasteiger charge is -2.19. The summed E-state index contributed by atoms with van der Waals surface area (Å²) < 4.78 is 13.2. The van der Waals surface area contributed by atoms with Crippen LogP contribution in [0.2, 0.25) is 0 Å². The quantitative estimate of drug-likeness (QED) is 0.825. The highest BCUT2D eigenvalue weighted by Gasteiger charge is 2.09. The van der Waals surface area contributed by atoms with Gasteiger partial charge in [0, 0.05) is 0 Å². The van der Waals surface area contributed by atoms with Gasteiger partial charge in [0.05, 0.1) is 0 Å². The standard InChI is InChI=1S/C15H20FN/c1-11-9-14(16)10-12(2)15(11)4-3-13-5-7-17-8-6-13/h3-4,9-10,13,17H,5-8H2,1-2H3. The molecule has 0 bridgehead atoms. The Labute approximate surface area is 103 Å². The lowest BCUT2D eigenvalue weighted by molar-refractivity contribution is 0.438. The Morgan fingerprint density at radius 2 is 1.76 bits per heavy atom. The molecule has 2 rings (SSSR count). The smallest absolute Gasteiger partial charge is 0.123 e. The molecule has 1 heterocycles. The van der Waals surface area contributed by atoms with Crippen molar-refractivity contribution >= 4 is 6.08 Å². The van der Waals surface area contributed by atoms with Crippen LogP contribution in [0.25, 0.3) is 6.08 Å². The highest BCUT2D eigenvalue weighted by molar-refractivity contribution is 5.57. The minimum Gasteiger partial charge on any atom is -0.317 e. The van der Waals surface area contributed by atoms with Gasteiger partial charge in [-0.2, -0.15) is 0 Å². The molecule has 92 valence electrons. The van der Waals surface area contributed by atoms with Crippen LogP contribution in [0.3, 0.4) is 0 Å². The van der Waals surface area contributed by atoms with E-state index < -0.39 is 0 Å². The Bertz CT molecular complexity index is 394. The average molecular weight is 233 g/mol. The van der Waals surface area contributed by atoms with E-state index in [2.05, 4.69) is 17.5 Å². The molecule has 1 nitrogen and oxygen atoms in total. The van der Waals surface area contributed by atoms with Crippen molar-refractivity contribution < 1.29 is 4.39 Å². The van der Waals surface area contributed by atoms with E-state index in [1.165, 1.54) is 18.4 Å². The first-order chi connectivity index (χ1) is 8.16. The van der Waals surface area contributed by atoms with Crippen LogP contribution in [-0.2, 0) is 0 Å². The van der Waals surface area contributed by atoms with Crippen LogP contribution in [0.15, 0.2) is 18.2 Å². The first kappa shape index (κ1) is 12.3. The number of piperidine rings is 1. The molecule has 1 aliphatic rings. The Kier molecular flexibility index (Phi) is 3.95. The summed E-state index contributed by atoms with van der Waals surface area (Å²) in [7, 11) is 0. The molecule has 0 aromatic heterocycles. The number of halogens is 1. The number of hydrogen-bond acceptors (Lipinski definition) is 1. The molecule has 0 saturated carbocycles. The number of benzene rings is 1. The molecule has 17 heavy (non-hydrogen) atoms. The van der Waals surface area contributed by atoms with Gasteiger partial charge >= 0.3 is 0 Å². The second-order valence-corrected chi connectivity index (χ2v) is 4.90. The van der Waals surface area contributed by atoms with E-state index >= 15 is 0 Å². The normalized spacial score (nSPS) is 17.8. The monoisotopic (exact) mass is 233 g/mol. The van der Waals surface area contributed by atoms with E-state index in [1.54, 1.807) is 12.1 Å². The second kappa shape index (κ2) is 5.46. The van der Waals surface area contributed by atoms with Crippen LogP contribution in [0.1, 0.15) is 29.5 Å². The molecular weight excluding hydrogens is 213 g/mol. The molecular formula is C15H20FN. The van der Waals surface area contributed by atoms with Crippen molar-refractivity contribution in [2.45, 2.75) is 26.7 Å². The third-order valence-corrected chi connectivity index (χ3v) is 3.48. The predicted molar refractivity (Wildman–Crippen MR) is 70.5 cm³/mol. The summed E-state index contributed by atoms with van der Waals surface area (Å²) in [5, 5.41) is 3.36. The third kappa shape index (κ3) is 3.16. The Hall–Kier alpha value is -1.15. The van der Waals surface area contributed by atoms with Crippen molar-refractivity contribution in [2.24, 2.45) is 5.92 Å². The molecule has 1 saturated heterocycles. The number of aryl methyl sites for hydroxylation is 2. The fourth-order valence-electron chi connectivity index (χ4n) is 2.45. The van der Waals surface area contributed by atoms with Crippen molar-refractivity contribution in [1.29, 1.82) is 0 Å². The van der Waals surface area contributed by atoms with Crippen LogP contribution >= 0.6 is 0 Å². The van der Waals surface area contributed by atoms with Crippen LogP contribution in [-0.4, -0.2) is 13.1 Å². The van der Waals surface area contributed by atoms with E-state index in [9.17, 15) is 4.39 Å². The van der Waals surface area contributed by atoms with Crippen LogP contribution in [0.4, 0.5) is 4.39 Å². The van der Waals surface area contributed by atoms with E-state index in [0.29, 0.717) is 5.92 Å². The van der Waals surface area contributed by atoms with Crippen molar-refractivity contribution in [2.75, 3.05) is 13.1 Å². The molecule has 1 aromatic carbocycles. The number of allylic oxidation sites excluding steroid dienone is 1. The van der Waals surface area contributed by atoms with E-state index in [0.717, 1.165) is 24.2 Å². The van der Waals surface area contributed by atoms with Gasteiger partial charge in [-0.05, 0) is 74.5 Å².